The maximum Gasteiger partial charge on any atom is 0.272 e. The van der Waals surface area contributed by atoms with Gasteiger partial charge in [-0.25, -0.2) is 4.68 Å². The number of nitrogens with zero attached hydrogens (tertiary/aromatic N) is 3. The summed E-state index contributed by atoms with van der Waals surface area (Å²) in [6, 6.07) is 9.03. The number of aromatic nitrogens is 3. The maximum atomic E-state index is 12.7. The van der Waals surface area contributed by atoms with E-state index in [4.69, 9.17) is 5.73 Å². The molecule has 0 bridgehead atoms. The number of carbonyl (C=O) groups is 1. The van der Waals surface area contributed by atoms with E-state index in [0.29, 0.717) is 23.5 Å². The second-order valence-corrected chi connectivity index (χ2v) is 6.38. The number of nitrogens with two attached hydrogens (primary N) is 1. The van der Waals surface area contributed by atoms with Crippen LogP contribution in [0.3, 0.4) is 0 Å². The quantitative estimate of drug-likeness (QED) is 0.568. The zero-order valence-corrected chi connectivity index (χ0v) is 15.6. The van der Waals surface area contributed by atoms with Gasteiger partial charge in [0.05, 0.1) is 37.1 Å². The minimum Gasteiger partial charge on any atom is -0.397 e. The molecular formula is C20H22N6O2. The summed E-state index contributed by atoms with van der Waals surface area (Å²) in [4.78, 5) is 33.2. The number of hydrogen-bond acceptors (Lipinski definition) is 6. The molecule has 0 aliphatic rings. The third-order valence-electron chi connectivity index (χ3n) is 4.25. The van der Waals surface area contributed by atoms with Crippen molar-refractivity contribution in [2.45, 2.75) is 26.4 Å². The van der Waals surface area contributed by atoms with Gasteiger partial charge in [-0.05, 0) is 42.3 Å². The van der Waals surface area contributed by atoms with Crippen molar-refractivity contribution in [1.29, 1.82) is 0 Å². The molecule has 0 radical (unpaired) electrons. The Hall–Kier alpha value is -3.68. The molecule has 0 spiro atoms. The van der Waals surface area contributed by atoms with Crippen molar-refractivity contribution in [3.8, 4) is 0 Å². The number of carbonyl (C=O) groups excluding carboxylic acids is 1. The first kappa shape index (κ1) is 19.1. The predicted octanol–water partition coefficient (Wildman–Crippen LogP) is 1.13. The highest BCUT2D eigenvalue weighted by Crippen LogP contribution is 2.04. The lowest BCUT2D eigenvalue weighted by Crippen LogP contribution is -2.34. The Morgan fingerprint density at radius 1 is 1.18 bits per heavy atom. The van der Waals surface area contributed by atoms with Gasteiger partial charge in [-0.3, -0.25) is 19.6 Å². The number of nitrogen functional groups attached to an aromatic ring is 1. The van der Waals surface area contributed by atoms with Crippen LogP contribution in [0.1, 0.15) is 22.4 Å². The van der Waals surface area contributed by atoms with Crippen LogP contribution in [0.15, 0.2) is 59.9 Å². The van der Waals surface area contributed by atoms with E-state index in [9.17, 15) is 9.59 Å². The first-order valence-electron chi connectivity index (χ1n) is 8.84. The molecule has 0 atom stereocenters. The van der Waals surface area contributed by atoms with Gasteiger partial charge in [-0.2, -0.15) is 0 Å². The van der Waals surface area contributed by atoms with Gasteiger partial charge < -0.3 is 16.5 Å². The van der Waals surface area contributed by atoms with Gasteiger partial charge in [0.25, 0.3) is 5.56 Å². The Labute approximate surface area is 162 Å². The summed E-state index contributed by atoms with van der Waals surface area (Å²) in [6.45, 7) is 2.54. The molecule has 0 saturated heterocycles. The van der Waals surface area contributed by atoms with Crippen molar-refractivity contribution in [3.05, 3.63) is 87.9 Å². The minimum atomic E-state index is -0.246. The summed E-state index contributed by atoms with van der Waals surface area (Å²) in [5, 5.41) is 2.78. The molecule has 8 heteroatoms. The summed E-state index contributed by atoms with van der Waals surface area (Å²) in [6.07, 6.45) is 6.61. The lowest BCUT2D eigenvalue weighted by atomic mass is 10.1. The summed E-state index contributed by atoms with van der Waals surface area (Å²) >= 11 is 0. The van der Waals surface area contributed by atoms with Crippen LogP contribution in [0, 0.1) is 6.92 Å². The number of hydrogen-bond donors (Lipinski definition) is 3. The molecule has 4 N–H and O–H groups in total. The molecule has 3 rings (SSSR count). The molecule has 0 unspecified atom stereocenters. The Morgan fingerprint density at radius 3 is 2.75 bits per heavy atom. The highest BCUT2D eigenvalue weighted by Gasteiger charge is 2.12. The van der Waals surface area contributed by atoms with E-state index in [0.717, 1.165) is 11.1 Å². The molecule has 0 aromatic carbocycles. The molecule has 1 amide bonds. The highest BCUT2D eigenvalue weighted by molar-refractivity contribution is 5.78. The fraction of sp³-hybridized carbons (Fsp3) is 0.200. The summed E-state index contributed by atoms with van der Waals surface area (Å²) in [5.41, 5.74) is 11.8. The second-order valence-electron chi connectivity index (χ2n) is 6.38. The fourth-order valence-corrected chi connectivity index (χ4v) is 2.64. The van der Waals surface area contributed by atoms with Crippen molar-refractivity contribution in [2.75, 3.05) is 11.2 Å². The van der Waals surface area contributed by atoms with Gasteiger partial charge in [0.2, 0.25) is 5.91 Å². The largest absolute Gasteiger partial charge is 0.397 e. The Bertz CT molecular complexity index is 999. The maximum absolute atomic E-state index is 12.7. The first-order valence-corrected chi connectivity index (χ1v) is 8.84. The van der Waals surface area contributed by atoms with Crippen LogP contribution in [-0.4, -0.2) is 20.6 Å². The SMILES string of the molecule is Cc1ccn(NCc2cccnc2)c(=O)c1CC(=O)NCc1ccc(N)cn1. The zero-order valence-electron chi connectivity index (χ0n) is 15.6. The van der Waals surface area contributed by atoms with E-state index in [1.54, 1.807) is 30.7 Å². The van der Waals surface area contributed by atoms with Crippen LogP contribution in [0.2, 0.25) is 0 Å². The van der Waals surface area contributed by atoms with E-state index in [-0.39, 0.29) is 24.4 Å². The van der Waals surface area contributed by atoms with Crippen molar-refractivity contribution in [2.24, 2.45) is 0 Å². The molecule has 0 fully saturated rings. The predicted molar refractivity (Wildman–Crippen MR) is 107 cm³/mol. The van der Waals surface area contributed by atoms with Gasteiger partial charge in [0.15, 0.2) is 0 Å². The second kappa shape index (κ2) is 8.81. The smallest absolute Gasteiger partial charge is 0.272 e. The number of rotatable bonds is 7. The molecule has 3 heterocycles. The average Bonchev–Trinajstić information content (AvgIpc) is 2.71. The molecule has 28 heavy (non-hydrogen) atoms. The van der Waals surface area contributed by atoms with Crippen molar-refractivity contribution in [3.63, 3.8) is 0 Å². The Balaban J connectivity index is 1.64. The number of anilines is 1. The van der Waals surface area contributed by atoms with Crippen molar-refractivity contribution in [1.82, 2.24) is 20.0 Å². The summed E-state index contributed by atoms with van der Waals surface area (Å²) in [7, 11) is 0. The van der Waals surface area contributed by atoms with Gasteiger partial charge in [0.1, 0.15) is 0 Å². The Morgan fingerprint density at radius 2 is 2.04 bits per heavy atom. The number of pyridine rings is 3. The number of amides is 1. The number of nitrogens with one attached hydrogen (secondary N) is 2. The molecule has 0 saturated carbocycles. The summed E-state index contributed by atoms with van der Waals surface area (Å²) < 4.78 is 1.39. The van der Waals surface area contributed by atoms with E-state index in [2.05, 4.69) is 20.7 Å². The van der Waals surface area contributed by atoms with Crippen LogP contribution in [0.5, 0.6) is 0 Å². The summed E-state index contributed by atoms with van der Waals surface area (Å²) in [5.74, 6) is -0.246. The lowest BCUT2D eigenvalue weighted by Gasteiger charge is -2.13. The average molecular weight is 378 g/mol. The molecule has 8 nitrogen and oxygen atoms in total. The zero-order chi connectivity index (χ0) is 19.9. The topological polar surface area (TPSA) is 115 Å². The van der Waals surface area contributed by atoms with Crippen LogP contribution in [0.25, 0.3) is 0 Å². The standard InChI is InChI=1S/C20H22N6O2/c1-14-6-8-26(25-11-15-3-2-7-22-10-15)20(28)18(14)9-19(27)24-13-17-5-4-16(21)12-23-17/h2-8,10,12,25H,9,11,13,21H2,1H3,(H,24,27). The molecule has 0 aliphatic heterocycles. The van der Waals surface area contributed by atoms with Crippen molar-refractivity contribution >= 4 is 11.6 Å². The molecule has 0 aliphatic carbocycles. The van der Waals surface area contributed by atoms with E-state index in [1.165, 1.54) is 10.9 Å². The van der Waals surface area contributed by atoms with E-state index < -0.39 is 0 Å². The third kappa shape index (κ3) is 4.94. The van der Waals surface area contributed by atoms with Crippen LogP contribution < -0.4 is 22.0 Å². The monoisotopic (exact) mass is 378 g/mol. The van der Waals surface area contributed by atoms with E-state index >= 15 is 0 Å². The van der Waals surface area contributed by atoms with Crippen molar-refractivity contribution < 1.29 is 4.79 Å². The van der Waals surface area contributed by atoms with Gasteiger partial charge in [-0.1, -0.05) is 6.07 Å². The normalized spacial score (nSPS) is 10.5. The molecule has 144 valence electrons. The lowest BCUT2D eigenvalue weighted by molar-refractivity contribution is -0.120. The molecular weight excluding hydrogens is 356 g/mol. The molecule has 3 aromatic heterocycles. The number of aryl methyl sites for hydroxylation is 1. The van der Waals surface area contributed by atoms with Crippen LogP contribution in [-0.2, 0) is 24.3 Å². The third-order valence-corrected chi connectivity index (χ3v) is 4.25. The van der Waals surface area contributed by atoms with Crippen LogP contribution >= 0.6 is 0 Å². The fourth-order valence-electron chi connectivity index (χ4n) is 2.64. The van der Waals surface area contributed by atoms with Gasteiger partial charge in [-0.15, -0.1) is 0 Å². The van der Waals surface area contributed by atoms with Gasteiger partial charge in [0, 0.05) is 24.2 Å². The first-order chi connectivity index (χ1) is 13.5. The minimum absolute atomic E-state index is 0.00491. The van der Waals surface area contributed by atoms with Gasteiger partial charge >= 0.3 is 0 Å². The van der Waals surface area contributed by atoms with Crippen LogP contribution in [0.4, 0.5) is 5.69 Å². The highest BCUT2D eigenvalue weighted by atomic mass is 16.2. The Kier molecular flexibility index (Phi) is 6.01. The van der Waals surface area contributed by atoms with E-state index in [1.807, 2.05) is 25.1 Å². The molecule has 3 aromatic rings.